The highest BCUT2D eigenvalue weighted by Crippen LogP contribution is 2.63. The minimum absolute atomic E-state index is 0.492. The lowest BCUT2D eigenvalue weighted by Crippen LogP contribution is -2.26. The molecule has 1 spiro atoms. The van der Waals surface area contributed by atoms with Crippen molar-refractivity contribution in [2.45, 2.75) is 5.41 Å². The number of hydrogen-bond acceptors (Lipinski definition) is 0. The zero-order chi connectivity index (χ0) is 67.4. The molecule has 0 radical (unpaired) electrons. The molecule has 476 valence electrons. The van der Waals surface area contributed by atoms with Crippen molar-refractivity contribution in [3.8, 4) is 55.9 Å². The van der Waals surface area contributed by atoms with Crippen LogP contribution in [0.15, 0.2) is 352 Å². The van der Waals surface area contributed by atoms with Gasteiger partial charge in [0.2, 0.25) is 0 Å². The highest BCUT2D eigenvalue weighted by molar-refractivity contribution is 6.18. The van der Waals surface area contributed by atoms with Crippen molar-refractivity contribution in [1.82, 2.24) is 9.13 Å². The largest absolute Gasteiger partial charge is 0.309 e. The summed E-state index contributed by atoms with van der Waals surface area (Å²) in [5.74, 6) is 0. The van der Waals surface area contributed by atoms with E-state index >= 15 is 0 Å². The number of rotatable bonds is 8. The van der Waals surface area contributed by atoms with E-state index in [-0.39, 0.29) is 0 Å². The lowest BCUT2D eigenvalue weighted by atomic mass is 9.70. The first-order chi connectivity index (χ1) is 51.0. The van der Waals surface area contributed by atoms with Crippen LogP contribution in [0.25, 0.3) is 188 Å². The van der Waals surface area contributed by atoms with Crippen LogP contribution in [0, 0.1) is 0 Å². The predicted octanol–water partition coefficient (Wildman–Crippen LogP) is 26.8. The van der Waals surface area contributed by atoms with Crippen LogP contribution in [0.1, 0.15) is 44.5 Å². The van der Waals surface area contributed by atoms with Gasteiger partial charge in [-0.25, -0.2) is 0 Å². The maximum Gasteiger partial charge on any atom is 0.0725 e. The Morgan fingerprint density at radius 3 is 0.971 bits per heavy atom. The van der Waals surface area contributed by atoms with Gasteiger partial charge in [0.1, 0.15) is 0 Å². The van der Waals surface area contributed by atoms with Gasteiger partial charge < -0.3 is 9.13 Å². The van der Waals surface area contributed by atoms with Gasteiger partial charge in [0.15, 0.2) is 0 Å². The fourth-order valence-electron chi connectivity index (χ4n) is 18.1. The fourth-order valence-corrected chi connectivity index (χ4v) is 18.1. The quantitative estimate of drug-likeness (QED) is 0.106. The predicted molar refractivity (Wildman–Crippen MR) is 438 cm³/mol. The summed E-state index contributed by atoms with van der Waals surface area (Å²) < 4.78 is 4.94. The summed E-state index contributed by atoms with van der Waals surface area (Å²) in [6.07, 6.45) is 9.18. The van der Waals surface area contributed by atoms with Crippen molar-refractivity contribution >= 4 is 133 Å². The SMILES string of the molecule is C(=C\c1ccc2cc(-c3ccc4c(c3)c3ccccc3n4-c3cc4ccccc4c4ccccc34)ccc2c1)/c1ccc2c(c1)C1(c3ccccc3-c3ccccc31)c1cc(/C=C/c3ccc4cc(-c5ccc6c(c5)c5ccccc5n6-c5cc6ccccc6c6ccccc56)ccc4c3)ccc1-2. The molecule has 2 aliphatic carbocycles. The standard InChI is InChI=1S/C101H62N2/c1-3-19-77-75(17-1)61-99(85-25-7-5-21-79(77)85)102-95-31-15-11-27-87(95)89-59-73(47-51-97(89)102)71-45-43-67-53-63(37-41-69(67)57-71)33-35-65-39-49-83-84-50-40-66(56-94(84)101(93(83)55-65)91-29-13-9-23-81(91)82-24-10-14-30-92(82)101)36-34-64-38-42-70-58-72(46-44-68(70)54-64)74-48-52-98-90(60-74)88-28-12-16-32-96(88)103(98)100-62-76-18-2-4-20-78(76)80-22-6-8-26-86(80)100/h1-62H/b35-33+,36-34+. The molecule has 2 aliphatic rings. The summed E-state index contributed by atoms with van der Waals surface area (Å²) in [7, 11) is 0. The van der Waals surface area contributed by atoms with Crippen LogP contribution in [-0.4, -0.2) is 9.13 Å². The van der Waals surface area contributed by atoms with E-state index in [1.165, 1.54) is 209 Å². The van der Waals surface area contributed by atoms with Crippen molar-refractivity contribution in [2.24, 2.45) is 0 Å². The second-order valence-corrected chi connectivity index (χ2v) is 28.3. The van der Waals surface area contributed by atoms with Crippen LogP contribution in [0.2, 0.25) is 0 Å². The smallest absolute Gasteiger partial charge is 0.0725 e. The Morgan fingerprint density at radius 2 is 0.505 bits per heavy atom. The van der Waals surface area contributed by atoms with E-state index in [2.05, 4.69) is 385 Å². The maximum absolute atomic E-state index is 2.47. The van der Waals surface area contributed by atoms with Crippen LogP contribution >= 0.6 is 0 Å². The summed E-state index contributed by atoms with van der Waals surface area (Å²) in [5, 5.41) is 19.9. The van der Waals surface area contributed by atoms with Gasteiger partial charge in [-0.2, -0.15) is 0 Å². The lowest BCUT2D eigenvalue weighted by molar-refractivity contribution is 0.793. The highest BCUT2D eigenvalue weighted by Gasteiger charge is 2.51. The molecule has 0 saturated heterocycles. The van der Waals surface area contributed by atoms with Gasteiger partial charge in [-0.3, -0.25) is 0 Å². The molecule has 2 heteroatoms. The van der Waals surface area contributed by atoms with E-state index in [9.17, 15) is 0 Å². The molecule has 18 aromatic carbocycles. The minimum atomic E-state index is -0.492. The van der Waals surface area contributed by atoms with Gasteiger partial charge in [0, 0.05) is 32.3 Å². The molecule has 2 heterocycles. The molecule has 20 aromatic rings. The Kier molecular flexibility index (Phi) is 12.5. The number of nitrogens with zero attached hydrogens (tertiary/aromatic N) is 2. The lowest BCUT2D eigenvalue weighted by Gasteiger charge is -2.30. The molecule has 0 saturated carbocycles. The molecule has 22 rings (SSSR count). The second-order valence-electron chi connectivity index (χ2n) is 28.3. The van der Waals surface area contributed by atoms with E-state index < -0.39 is 5.41 Å². The Hall–Kier alpha value is -13.4. The average Bonchev–Trinajstić information content (AvgIpc) is 1.51. The van der Waals surface area contributed by atoms with Gasteiger partial charge >= 0.3 is 0 Å². The van der Waals surface area contributed by atoms with Gasteiger partial charge in [-0.15, -0.1) is 0 Å². The normalized spacial score (nSPS) is 13.0. The molecule has 0 amide bonds. The van der Waals surface area contributed by atoms with Crippen molar-refractivity contribution in [2.75, 3.05) is 0 Å². The van der Waals surface area contributed by atoms with Crippen LogP contribution in [0.5, 0.6) is 0 Å². The van der Waals surface area contributed by atoms with Crippen molar-refractivity contribution < 1.29 is 0 Å². The Labute approximate surface area is 595 Å². The van der Waals surface area contributed by atoms with E-state index in [0.29, 0.717) is 0 Å². The van der Waals surface area contributed by atoms with Crippen molar-refractivity contribution in [3.05, 3.63) is 396 Å². The molecule has 0 unspecified atom stereocenters. The Bertz CT molecular complexity index is 6700. The fraction of sp³-hybridized carbons (Fsp3) is 0.00990. The third-order valence-corrected chi connectivity index (χ3v) is 22.8. The first-order valence-electron chi connectivity index (χ1n) is 35.8. The number of hydrogen-bond donors (Lipinski definition) is 0. The zero-order valence-corrected chi connectivity index (χ0v) is 56.2. The molecule has 0 atom stereocenters. The zero-order valence-electron chi connectivity index (χ0n) is 56.2. The average molecular weight is 1300 g/mol. The molecule has 0 fully saturated rings. The van der Waals surface area contributed by atoms with Crippen LogP contribution in [0.4, 0.5) is 0 Å². The first kappa shape index (κ1) is 57.5. The van der Waals surface area contributed by atoms with Crippen molar-refractivity contribution in [1.29, 1.82) is 0 Å². The molecule has 2 aromatic heterocycles. The molecular formula is C101H62N2. The third kappa shape index (κ3) is 8.68. The number of fused-ring (bicyclic) bond motifs is 24. The summed E-state index contributed by atoms with van der Waals surface area (Å²) >= 11 is 0. The summed E-state index contributed by atoms with van der Waals surface area (Å²) in [4.78, 5) is 0. The number of aromatic nitrogens is 2. The summed E-state index contributed by atoms with van der Waals surface area (Å²) in [5.41, 5.74) is 26.7. The van der Waals surface area contributed by atoms with Gasteiger partial charge in [0.25, 0.3) is 0 Å². The van der Waals surface area contributed by atoms with Crippen LogP contribution in [-0.2, 0) is 5.41 Å². The van der Waals surface area contributed by atoms with Gasteiger partial charge in [0.05, 0.1) is 38.9 Å². The van der Waals surface area contributed by atoms with Gasteiger partial charge in [-0.1, -0.05) is 291 Å². The molecule has 0 aliphatic heterocycles. The number of para-hydroxylation sites is 2. The summed E-state index contributed by atoms with van der Waals surface area (Å²) in [6.45, 7) is 0. The third-order valence-electron chi connectivity index (χ3n) is 22.8. The molecular weight excluding hydrogens is 1240 g/mol. The molecule has 2 nitrogen and oxygen atoms in total. The molecule has 0 N–H and O–H groups in total. The van der Waals surface area contributed by atoms with Gasteiger partial charge in [-0.05, 0) is 228 Å². The van der Waals surface area contributed by atoms with E-state index in [1.54, 1.807) is 0 Å². The van der Waals surface area contributed by atoms with Crippen LogP contribution in [0.3, 0.4) is 0 Å². The molecule has 103 heavy (non-hydrogen) atoms. The Balaban J connectivity index is 0.563. The monoisotopic (exact) mass is 1300 g/mol. The van der Waals surface area contributed by atoms with Crippen molar-refractivity contribution in [3.63, 3.8) is 0 Å². The molecule has 0 bridgehead atoms. The first-order valence-corrected chi connectivity index (χ1v) is 35.8. The highest BCUT2D eigenvalue weighted by atomic mass is 15.0. The number of benzene rings is 18. The van der Waals surface area contributed by atoms with E-state index in [1.807, 2.05) is 0 Å². The second kappa shape index (κ2) is 22.3. The van der Waals surface area contributed by atoms with E-state index in [4.69, 9.17) is 0 Å². The summed E-state index contributed by atoms with van der Waals surface area (Å²) in [6, 6.07) is 132. The van der Waals surface area contributed by atoms with E-state index in [0.717, 1.165) is 0 Å². The van der Waals surface area contributed by atoms with Crippen LogP contribution < -0.4 is 0 Å². The minimum Gasteiger partial charge on any atom is -0.309 e. The Morgan fingerprint density at radius 1 is 0.184 bits per heavy atom. The maximum atomic E-state index is 2.47. The topological polar surface area (TPSA) is 9.86 Å².